The van der Waals surface area contributed by atoms with E-state index in [9.17, 15) is 0 Å². The first kappa shape index (κ1) is 12.6. The number of anilines is 1. The fourth-order valence-corrected chi connectivity index (χ4v) is 2.04. The molecule has 0 amide bonds. The van der Waals surface area contributed by atoms with Crippen molar-refractivity contribution in [2.45, 2.75) is 0 Å². The fourth-order valence-electron chi connectivity index (χ4n) is 1.89. The topological polar surface area (TPSA) is 66.5 Å². The highest BCUT2D eigenvalue weighted by Gasteiger charge is 2.07. The Morgan fingerprint density at radius 3 is 2.60 bits per heavy atom. The first-order valence-corrected chi connectivity index (χ1v) is 6.46. The quantitative estimate of drug-likeness (QED) is 0.725. The van der Waals surface area contributed by atoms with Gasteiger partial charge in [-0.05, 0) is 35.9 Å². The largest absolute Gasteiger partial charge is 0.388 e. The molecule has 0 fully saturated rings. The monoisotopic (exact) mass is 285 g/mol. The lowest BCUT2D eigenvalue weighted by atomic mass is 10.1. The van der Waals surface area contributed by atoms with Crippen LogP contribution in [0.1, 0.15) is 0 Å². The number of aromatic nitrogens is 4. The summed E-state index contributed by atoms with van der Waals surface area (Å²) >= 11 is 5.79. The second-order valence-corrected chi connectivity index (χ2v) is 4.54. The number of hydrogen-bond donors (Lipinski definition) is 2. The van der Waals surface area contributed by atoms with Gasteiger partial charge in [0.05, 0.1) is 17.1 Å². The molecule has 1 aromatic carbocycles. The lowest BCUT2D eigenvalue weighted by molar-refractivity contribution is 1.08. The van der Waals surface area contributed by atoms with Crippen LogP contribution in [0.5, 0.6) is 0 Å². The molecule has 2 heterocycles. The van der Waals surface area contributed by atoms with Crippen LogP contribution in [0.2, 0.25) is 5.28 Å². The Bertz CT molecular complexity index is 720. The van der Waals surface area contributed by atoms with Crippen molar-refractivity contribution in [1.82, 2.24) is 20.2 Å². The minimum atomic E-state index is 0.219. The molecule has 0 unspecified atom stereocenters. The summed E-state index contributed by atoms with van der Waals surface area (Å²) in [6.07, 6.45) is 1.62. The maximum atomic E-state index is 5.79. The molecule has 0 aliphatic carbocycles. The highest BCUT2D eigenvalue weighted by molar-refractivity contribution is 6.28. The smallest absolute Gasteiger partial charge is 0.222 e. The molecule has 2 aromatic heterocycles. The average molecular weight is 286 g/mol. The molecule has 5 nitrogen and oxygen atoms in total. The highest BCUT2D eigenvalue weighted by atomic mass is 35.5. The third-order valence-electron chi connectivity index (χ3n) is 2.95. The third kappa shape index (κ3) is 2.48. The Labute approximate surface area is 121 Å². The number of halogens is 1. The highest BCUT2D eigenvalue weighted by Crippen LogP contribution is 2.24. The van der Waals surface area contributed by atoms with Crippen molar-refractivity contribution in [2.24, 2.45) is 0 Å². The van der Waals surface area contributed by atoms with Gasteiger partial charge in [0.25, 0.3) is 0 Å². The minimum Gasteiger partial charge on any atom is -0.388 e. The van der Waals surface area contributed by atoms with E-state index < -0.39 is 0 Å². The van der Waals surface area contributed by atoms with Crippen LogP contribution in [0.15, 0.2) is 42.6 Å². The van der Waals surface area contributed by atoms with E-state index in [1.54, 1.807) is 12.3 Å². The minimum absolute atomic E-state index is 0.219. The van der Waals surface area contributed by atoms with Gasteiger partial charge in [0.1, 0.15) is 0 Å². The Hall–Kier alpha value is -2.40. The van der Waals surface area contributed by atoms with Crippen molar-refractivity contribution in [2.75, 3.05) is 12.4 Å². The van der Waals surface area contributed by atoms with Gasteiger partial charge >= 0.3 is 0 Å². The van der Waals surface area contributed by atoms with E-state index in [-0.39, 0.29) is 5.28 Å². The third-order valence-corrected chi connectivity index (χ3v) is 3.13. The molecular formula is C14H12ClN5. The van der Waals surface area contributed by atoms with Gasteiger partial charge in [-0.15, -0.1) is 0 Å². The zero-order valence-corrected chi connectivity index (χ0v) is 11.5. The molecule has 0 aliphatic rings. The SMILES string of the molecule is CNc1ccc(-c2cc(-c3ccnc(Cl)n3)[nH]n2)cc1. The molecule has 20 heavy (non-hydrogen) atoms. The average Bonchev–Trinajstić information content (AvgIpc) is 2.97. The summed E-state index contributed by atoms with van der Waals surface area (Å²) in [5.74, 6) is 0. The van der Waals surface area contributed by atoms with Crippen molar-refractivity contribution in [3.63, 3.8) is 0 Å². The van der Waals surface area contributed by atoms with Gasteiger partial charge in [-0.2, -0.15) is 5.10 Å². The fraction of sp³-hybridized carbons (Fsp3) is 0.0714. The van der Waals surface area contributed by atoms with Gasteiger partial charge in [0.15, 0.2) is 0 Å². The van der Waals surface area contributed by atoms with Gasteiger partial charge in [0.2, 0.25) is 5.28 Å². The number of benzene rings is 1. The molecule has 3 rings (SSSR count). The molecule has 0 atom stereocenters. The molecule has 6 heteroatoms. The molecular weight excluding hydrogens is 274 g/mol. The van der Waals surface area contributed by atoms with Crippen LogP contribution in [0.25, 0.3) is 22.6 Å². The molecule has 0 radical (unpaired) electrons. The number of rotatable bonds is 3. The number of nitrogens with zero attached hydrogens (tertiary/aromatic N) is 3. The lowest BCUT2D eigenvalue weighted by Crippen LogP contribution is -1.86. The molecule has 0 aliphatic heterocycles. The van der Waals surface area contributed by atoms with Crippen molar-refractivity contribution in [3.8, 4) is 22.6 Å². The Kier molecular flexibility index (Phi) is 3.35. The van der Waals surface area contributed by atoms with Crippen LogP contribution >= 0.6 is 11.6 Å². The first-order chi connectivity index (χ1) is 9.76. The lowest BCUT2D eigenvalue weighted by Gasteiger charge is -2.00. The summed E-state index contributed by atoms with van der Waals surface area (Å²) in [6, 6.07) is 11.8. The van der Waals surface area contributed by atoms with Gasteiger partial charge in [-0.25, -0.2) is 9.97 Å². The standard InChI is InChI=1S/C14H12ClN5/c1-16-10-4-2-9(3-5-10)12-8-13(20-19-12)11-6-7-17-14(15)18-11/h2-8,16H,1H3,(H,19,20). The maximum absolute atomic E-state index is 5.79. The van der Waals surface area contributed by atoms with E-state index in [2.05, 4.69) is 25.5 Å². The van der Waals surface area contributed by atoms with Gasteiger partial charge < -0.3 is 5.32 Å². The summed E-state index contributed by atoms with van der Waals surface area (Å²) < 4.78 is 0. The van der Waals surface area contributed by atoms with Crippen LogP contribution in [0, 0.1) is 0 Å². The summed E-state index contributed by atoms with van der Waals surface area (Å²) in [6.45, 7) is 0. The number of H-pyrrole nitrogens is 1. The van der Waals surface area contributed by atoms with E-state index in [1.807, 2.05) is 37.4 Å². The van der Waals surface area contributed by atoms with Gasteiger partial charge in [0, 0.05) is 24.5 Å². The van der Waals surface area contributed by atoms with Crippen molar-refractivity contribution >= 4 is 17.3 Å². The normalized spacial score (nSPS) is 10.5. The molecule has 3 aromatic rings. The van der Waals surface area contributed by atoms with E-state index in [0.717, 1.165) is 28.3 Å². The zero-order valence-electron chi connectivity index (χ0n) is 10.8. The van der Waals surface area contributed by atoms with Crippen LogP contribution in [-0.2, 0) is 0 Å². The molecule has 100 valence electrons. The number of hydrogen-bond acceptors (Lipinski definition) is 4. The Morgan fingerprint density at radius 2 is 1.90 bits per heavy atom. The molecule has 2 N–H and O–H groups in total. The predicted octanol–water partition coefficient (Wildman–Crippen LogP) is 3.23. The predicted molar refractivity (Wildman–Crippen MR) is 79.6 cm³/mol. The van der Waals surface area contributed by atoms with E-state index in [1.165, 1.54) is 0 Å². The van der Waals surface area contributed by atoms with Crippen molar-refractivity contribution in [1.29, 1.82) is 0 Å². The molecule has 0 saturated heterocycles. The maximum Gasteiger partial charge on any atom is 0.222 e. The Morgan fingerprint density at radius 1 is 1.10 bits per heavy atom. The van der Waals surface area contributed by atoms with Crippen molar-refractivity contribution < 1.29 is 0 Å². The molecule has 0 bridgehead atoms. The summed E-state index contributed by atoms with van der Waals surface area (Å²) in [5.41, 5.74) is 4.48. The molecule has 0 saturated carbocycles. The Balaban J connectivity index is 1.93. The summed E-state index contributed by atoms with van der Waals surface area (Å²) in [4.78, 5) is 8.01. The van der Waals surface area contributed by atoms with E-state index >= 15 is 0 Å². The second-order valence-electron chi connectivity index (χ2n) is 4.21. The van der Waals surface area contributed by atoms with Crippen molar-refractivity contribution in [3.05, 3.63) is 47.9 Å². The van der Waals surface area contributed by atoms with E-state index in [0.29, 0.717) is 0 Å². The van der Waals surface area contributed by atoms with Crippen LogP contribution in [-0.4, -0.2) is 27.2 Å². The van der Waals surface area contributed by atoms with Crippen LogP contribution in [0.3, 0.4) is 0 Å². The second kappa shape index (κ2) is 5.30. The summed E-state index contributed by atoms with van der Waals surface area (Å²) in [7, 11) is 1.89. The van der Waals surface area contributed by atoms with Crippen LogP contribution < -0.4 is 5.32 Å². The van der Waals surface area contributed by atoms with Gasteiger partial charge in [-0.3, -0.25) is 5.10 Å². The first-order valence-electron chi connectivity index (χ1n) is 6.09. The number of nitrogens with one attached hydrogen (secondary N) is 2. The summed E-state index contributed by atoms with van der Waals surface area (Å²) in [5, 5.41) is 10.6. The van der Waals surface area contributed by atoms with E-state index in [4.69, 9.17) is 11.6 Å². The van der Waals surface area contributed by atoms with Crippen LogP contribution in [0.4, 0.5) is 5.69 Å². The van der Waals surface area contributed by atoms with Gasteiger partial charge in [-0.1, -0.05) is 12.1 Å². The zero-order chi connectivity index (χ0) is 13.9. The number of aromatic amines is 1. The molecule has 0 spiro atoms.